The zero-order valence-corrected chi connectivity index (χ0v) is 17.3. The van der Waals surface area contributed by atoms with E-state index in [1.54, 1.807) is 36.4 Å². The molecule has 6 nitrogen and oxygen atoms in total. The molecule has 0 aliphatic carbocycles. The van der Waals surface area contributed by atoms with Gasteiger partial charge in [-0.05, 0) is 29.5 Å². The molecule has 2 rings (SSSR count). The maximum absolute atomic E-state index is 12.1. The average Bonchev–Trinajstić information content (AvgIpc) is 2.75. The summed E-state index contributed by atoms with van der Waals surface area (Å²) in [6.07, 6.45) is 2.42. The molecule has 1 N–H and O–H groups in total. The summed E-state index contributed by atoms with van der Waals surface area (Å²) >= 11 is 0. The Morgan fingerprint density at radius 2 is 1.72 bits per heavy atom. The van der Waals surface area contributed by atoms with Crippen LogP contribution in [0.2, 0.25) is 0 Å². The molecule has 0 aliphatic heterocycles. The molecule has 2 aromatic carbocycles. The van der Waals surface area contributed by atoms with Crippen LogP contribution < -0.4 is 4.72 Å². The van der Waals surface area contributed by atoms with Gasteiger partial charge in [-0.25, -0.2) is 13.1 Å². The van der Waals surface area contributed by atoms with Crippen molar-refractivity contribution in [1.29, 1.82) is 0 Å². The van der Waals surface area contributed by atoms with Crippen LogP contribution in [0.3, 0.4) is 0 Å². The molecule has 0 saturated heterocycles. The van der Waals surface area contributed by atoms with Crippen LogP contribution in [0.1, 0.15) is 47.7 Å². The average molecular weight is 416 g/mol. The highest BCUT2D eigenvalue weighted by molar-refractivity contribution is 7.92. The van der Waals surface area contributed by atoms with E-state index in [2.05, 4.69) is 18.6 Å². The fourth-order valence-corrected chi connectivity index (χ4v) is 3.21. The number of rotatable bonds is 10. The summed E-state index contributed by atoms with van der Waals surface area (Å²) in [5.41, 5.74) is 2.29. The largest absolute Gasteiger partial charge is 0.456 e. The van der Waals surface area contributed by atoms with Crippen LogP contribution in [0.5, 0.6) is 0 Å². The maximum Gasteiger partial charge on any atom is 0.321 e. The van der Waals surface area contributed by atoms with Crippen LogP contribution >= 0.6 is 0 Å². The van der Waals surface area contributed by atoms with Crippen molar-refractivity contribution >= 4 is 27.9 Å². The van der Waals surface area contributed by atoms with Crippen LogP contribution in [0, 0.1) is 0 Å². The summed E-state index contributed by atoms with van der Waals surface area (Å²) in [6, 6.07) is 16.1. The van der Waals surface area contributed by atoms with Gasteiger partial charge in [0.2, 0.25) is 10.0 Å². The van der Waals surface area contributed by atoms with Crippen molar-refractivity contribution in [3.05, 3.63) is 76.7 Å². The lowest BCUT2D eigenvalue weighted by molar-refractivity contribution is -0.141. The third-order valence-electron chi connectivity index (χ3n) is 4.44. The van der Waals surface area contributed by atoms with Gasteiger partial charge in [0.15, 0.2) is 12.4 Å². The number of esters is 1. The van der Waals surface area contributed by atoms with Crippen molar-refractivity contribution in [3.63, 3.8) is 0 Å². The highest BCUT2D eigenvalue weighted by Crippen LogP contribution is 2.19. The molecule has 29 heavy (non-hydrogen) atoms. The Labute approximate surface area is 171 Å². The summed E-state index contributed by atoms with van der Waals surface area (Å²) in [5.74, 6) is -0.770. The van der Waals surface area contributed by atoms with Crippen molar-refractivity contribution in [1.82, 2.24) is 4.72 Å². The minimum atomic E-state index is -3.80. The fourth-order valence-electron chi connectivity index (χ4n) is 2.45. The van der Waals surface area contributed by atoms with Crippen molar-refractivity contribution in [2.45, 2.75) is 26.2 Å². The topological polar surface area (TPSA) is 89.5 Å². The van der Waals surface area contributed by atoms with Crippen molar-refractivity contribution in [2.75, 3.05) is 13.2 Å². The molecule has 0 heterocycles. The van der Waals surface area contributed by atoms with Gasteiger partial charge >= 0.3 is 5.97 Å². The van der Waals surface area contributed by atoms with Gasteiger partial charge < -0.3 is 4.74 Å². The predicted octanol–water partition coefficient (Wildman–Crippen LogP) is 3.52. The van der Waals surface area contributed by atoms with Crippen LogP contribution in [-0.2, 0) is 19.6 Å². The van der Waals surface area contributed by atoms with E-state index >= 15 is 0 Å². The third-order valence-corrected chi connectivity index (χ3v) is 5.48. The standard InChI is InChI=1S/C22H25NO5S/c1-3-17(2)19-9-11-20(12-10-19)21(24)16-28-22(25)15-23-29(26,27)14-13-18-7-5-4-6-8-18/h4-14,17,23H,3,15-16H2,1-2H3/b14-13+/t17-/m1/s1. The van der Waals surface area contributed by atoms with Gasteiger partial charge in [0.1, 0.15) is 6.54 Å². The van der Waals surface area contributed by atoms with Gasteiger partial charge in [-0.1, -0.05) is 68.4 Å². The Morgan fingerprint density at radius 3 is 2.34 bits per heavy atom. The number of hydrogen-bond donors (Lipinski definition) is 1. The minimum absolute atomic E-state index is 0.346. The Kier molecular flexibility index (Phi) is 8.30. The number of hydrogen-bond acceptors (Lipinski definition) is 5. The van der Waals surface area contributed by atoms with Crippen LogP contribution in [0.4, 0.5) is 0 Å². The van der Waals surface area contributed by atoms with E-state index < -0.39 is 29.1 Å². The van der Waals surface area contributed by atoms with Gasteiger partial charge in [-0.3, -0.25) is 9.59 Å². The van der Waals surface area contributed by atoms with E-state index in [9.17, 15) is 18.0 Å². The molecule has 154 valence electrons. The van der Waals surface area contributed by atoms with Crippen molar-refractivity contribution in [2.24, 2.45) is 0 Å². The van der Waals surface area contributed by atoms with E-state index in [0.717, 1.165) is 17.4 Å². The first-order valence-electron chi connectivity index (χ1n) is 9.32. The molecule has 0 radical (unpaired) electrons. The van der Waals surface area contributed by atoms with E-state index in [1.807, 2.05) is 18.2 Å². The highest BCUT2D eigenvalue weighted by Gasteiger charge is 2.13. The molecule has 7 heteroatoms. The van der Waals surface area contributed by atoms with Crippen LogP contribution in [0.15, 0.2) is 60.0 Å². The second-order valence-corrected chi connectivity index (χ2v) is 8.25. The SMILES string of the molecule is CC[C@@H](C)c1ccc(C(=O)COC(=O)CNS(=O)(=O)/C=C/c2ccccc2)cc1. The second kappa shape index (κ2) is 10.7. The number of benzene rings is 2. The van der Waals surface area contributed by atoms with Gasteiger partial charge in [-0.15, -0.1) is 0 Å². The summed E-state index contributed by atoms with van der Waals surface area (Å²) in [4.78, 5) is 23.9. The zero-order valence-electron chi connectivity index (χ0n) is 16.5. The first kappa shape index (κ1) is 22.5. The van der Waals surface area contributed by atoms with Gasteiger partial charge in [0.05, 0.1) is 0 Å². The lowest BCUT2D eigenvalue weighted by Gasteiger charge is -2.09. The van der Waals surface area contributed by atoms with Gasteiger partial charge in [0.25, 0.3) is 0 Å². The zero-order chi connectivity index (χ0) is 21.3. The maximum atomic E-state index is 12.1. The Hall–Kier alpha value is -2.77. The van der Waals surface area contributed by atoms with Crippen LogP contribution in [-0.4, -0.2) is 33.3 Å². The van der Waals surface area contributed by atoms with Crippen molar-refractivity contribution in [3.8, 4) is 0 Å². The Bertz CT molecular complexity index is 950. The summed E-state index contributed by atoms with van der Waals surface area (Å²) in [7, 11) is -3.80. The molecule has 0 spiro atoms. The normalized spacial score (nSPS) is 12.6. The number of carbonyl (C=O) groups is 2. The number of carbonyl (C=O) groups excluding carboxylic acids is 2. The Morgan fingerprint density at radius 1 is 1.07 bits per heavy atom. The quantitative estimate of drug-likeness (QED) is 0.474. The van der Waals surface area contributed by atoms with Gasteiger partial charge in [-0.2, -0.15) is 0 Å². The Balaban J connectivity index is 1.80. The number of ether oxygens (including phenoxy) is 1. The van der Waals surface area contributed by atoms with Gasteiger partial charge in [0, 0.05) is 11.0 Å². The molecular formula is C22H25NO5S. The number of sulfonamides is 1. The fraction of sp³-hybridized carbons (Fsp3) is 0.273. The molecule has 1 atom stereocenters. The monoisotopic (exact) mass is 415 g/mol. The van der Waals surface area contributed by atoms with E-state index in [0.29, 0.717) is 17.0 Å². The molecule has 0 aromatic heterocycles. The second-order valence-electron chi connectivity index (χ2n) is 6.59. The molecule has 0 aliphatic rings. The predicted molar refractivity (Wildman–Crippen MR) is 113 cm³/mol. The van der Waals surface area contributed by atoms with E-state index in [-0.39, 0.29) is 5.78 Å². The minimum Gasteiger partial charge on any atom is -0.456 e. The lowest BCUT2D eigenvalue weighted by atomic mass is 9.97. The molecule has 0 bridgehead atoms. The molecule has 0 fully saturated rings. The molecule has 2 aromatic rings. The summed E-state index contributed by atoms with van der Waals surface area (Å²) in [5, 5.41) is 0.972. The molecular weight excluding hydrogens is 390 g/mol. The lowest BCUT2D eigenvalue weighted by Crippen LogP contribution is -2.30. The first-order chi connectivity index (χ1) is 13.8. The van der Waals surface area contributed by atoms with E-state index in [1.165, 1.54) is 6.08 Å². The number of nitrogens with one attached hydrogen (secondary N) is 1. The summed E-state index contributed by atoms with van der Waals surface area (Å²) in [6.45, 7) is 3.20. The molecule has 0 unspecified atom stereocenters. The number of ketones is 1. The van der Waals surface area contributed by atoms with Crippen LogP contribution in [0.25, 0.3) is 6.08 Å². The first-order valence-corrected chi connectivity index (χ1v) is 10.9. The summed E-state index contributed by atoms with van der Waals surface area (Å²) < 4.78 is 30.8. The molecule has 0 amide bonds. The third kappa shape index (κ3) is 7.63. The smallest absolute Gasteiger partial charge is 0.321 e. The van der Waals surface area contributed by atoms with E-state index in [4.69, 9.17) is 4.74 Å². The molecule has 0 saturated carbocycles. The van der Waals surface area contributed by atoms with Crippen molar-refractivity contribution < 1.29 is 22.7 Å². The number of Topliss-reactive ketones (excluding diaryl/α,β-unsaturated/α-hetero) is 1. The highest BCUT2D eigenvalue weighted by atomic mass is 32.2.